The highest BCUT2D eigenvalue weighted by molar-refractivity contribution is 5.95. The summed E-state index contributed by atoms with van der Waals surface area (Å²) in [5.41, 5.74) is 0.160. The Morgan fingerprint density at radius 1 is 1.38 bits per heavy atom. The Balaban J connectivity index is 3.50. The van der Waals surface area contributed by atoms with Crippen molar-refractivity contribution in [2.45, 2.75) is 20.3 Å². The number of aryl methyl sites for hydroxylation is 1. The molecule has 0 saturated heterocycles. The van der Waals surface area contributed by atoms with Crippen molar-refractivity contribution in [3.63, 3.8) is 0 Å². The molecule has 0 aliphatic heterocycles. The third kappa shape index (κ3) is 2.03. The second-order valence-electron chi connectivity index (χ2n) is 3.20. The van der Waals surface area contributed by atoms with Crippen LogP contribution in [0.3, 0.4) is 0 Å². The smallest absolute Gasteiger partial charge is 0.343 e. The van der Waals surface area contributed by atoms with E-state index in [-0.39, 0.29) is 12.4 Å². The minimum Gasteiger partial charge on any atom is -0.504 e. The van der Waals surface area contributed by atoms with Crippen LogP contribution in [0.2, 0.25) is 0 Å². The molecule has 3 N–H and O–H groups in total. The first kappa shape index (κ1) is 12.2. The van der Waals surface area contributed by atoms with E-state index in [9.17, 15) is 15.0 Å². The second kappa shape index (κ2) is 4.74. The Labute approximate surface area is 92.9 Å². The minimum absolute atomic E-state index is 0.118. The van der Waals surface area contributed by atoms with Crippen molar-refractivity contribution in [1.29, 1.82) is 0 Å². The van der Waals surface area contributed by atoms with Crippen LogP contribution in [0.4, 0.5) is 0 Å². The molecule has 0 aliphatic carbocycles. The first-order valence-electron chi connectivity index (χ1n) is 4.96. The van der Waals surface area contributed by atoms with Gasteiger partial charge in [0, 0.05) is 0 Å². The number of hydrogen-bond donors (Lipinski definition) is 3. The number of aromatic hydroxyl groups is 2. The summed E-state index contributed by atoms with van der Waals surface area (Å²) >= 11 is 0. The molecule has 0 bridgehead atoms. The largest absolute Gasteiger partial charge is 0.504 e. The van der Waals surface area contributed by atoms with Gasteiger partial charge >= 0.3 is 5.97 Å². The van der Waals surface area contributed by atoms with Crippen LogP contribution in [0.25, 0.3) is 0 Å². The van der Waals surface area contributed by atoms with Crippen LogP contribution in [0.5, 0.6) is 17.2 Å². The number of aromatic carboxylic acids is 1. The molecular formula is C11H14O5. The Morgan fingerprint density at radius 2 is 2.00 bits per heavy atom. The van der Waals surface area contributed by atoms with E-state index in [1.54, 1.807) is 13.8 Å². The zero-order chi connectivity index (χ0) is 12.3. The lowest BCUT2D eigenvalue weighted by Crippen LogP contribution is -2.06. The number of rotatable bonds is 4. The number of phenolic OH excluding ortho intramolecular Hbond substituents is 1. The van der Waals surface area contributed by atoms with Gasteiger partial charge in [-0.25, -0.2) is 4.79 Å². The number of carboxylic acids is 1. The average Bonchev–Trinajstić information content (AvgIpc) is 2.23. The van der Waals surface area contributed by atoms with Gasteiger partial charge in [-0.3, -0.25) is 0 Å². The molecule has 5 nitrogen and oxygen atoms in total. The molecule has 0 heterocycles. The molecule has 0 saturated carbocycles. The molecule has 0 atom stereocenters. The van der Waals surface area contributed by atoms with Crippen molar-refractivity contribution in [2.24, 2.45) is 0 Å². The Bertz CT molecular complexity index is 411. The normalized spacial score (nSPS) is 10.1. The first-order valence-corrected chi connectivity index (χ1v) is 4.96. The van der Waals surface area contributed by atoms with Gasteiger partial charge < -0.3 is 20.1 Å². The molecule has 1 aromatic rings. The number of carbonyl (C=O) groups is 1. The van der Waals surface area contributed by atoms with Crippen molar-refractivity contribution in [3.8, 4) is 17.2 Å². The Morgan fingerprint density at radius 3 is 2.44 bits per heavy atom. The van der Waals surface area contributed by atoms with E-state index >= 15 is 0 Å². The van der Waals surface area contributed by atoms with Crippen LogP contribution in [-0.4, -0.2) is 27.9 Å². The molecule has 88 valence electrons. The van der Waals surface area contributed by atoms with Crippen LogP contribution >= 0.6 is 0 Å². The summed E-state index contributed by atoms with van der Waals surface area (Å²) in [6.07, 6.45) is 0.503. The molecule has 0 radical (unpaired) electrons. The van der Waals surface area contributed by atoms with E-state index in [1.807, 2.05) is 0 Å². The fourth-order valence-electron chi connectivity index (χ4n) is 1.47. The van der Waals surface area contributed by atoms with Gasteiger partial charge in [-0.2, -0.15) is 0 Å². The lowest BCUT2D eigenvalue weighted by Gasteiger charge is -2.14. The Hall–Kier alpha value is -1.91. The predicted octanol–water partition coefficient (Wildman–Crippen LogP) is 1.76. The Kier molecular flexibility index (Phi) is 3.60. The maximum Gasteiger partial charge on any atom is 0.343 e. The monoisotopic (exact) mass is 226 g/mol. The van der Waals surface area contributed by atoms with Crippen molar-refractivity contribution in [3.05, 3.63) is 17.2 Å². The quantitative estimate of drug-likeness (QED) is 0.681. The van der Waals surface area contributed by atoms with Gasteiger partial charge in [-0.05, 0) is 25.0 Å². The molecule has 1 rings (SSSR count). The molecule has 5 heteroatoms. The number of hydrogen-bond acceptors (Lipinski definition) is 4. The van der Waals surface area contributed by atoms with E-state index in [2.05, 4.69) is 0 Å². The topological polar surface area (TPSA) is 87.0 Å². The van der Waals surface area contributed by atoms with Gasteiger partial charge in [-0.15, -0.1) is 0 Å². The third-order valence-electron chi connectivity index (χ3n) is 2.19. The lowest BCUT2D eigenvalue weighted by atomic mass is 10.0. The minimum atomic E-state index is -1.33. The molecule has 0 unspecified atom stereocenters. The molecule has 0 fully saturated rings. The zero-order valence-electron chi connectivity index (χ0n) is 9.15. The summed E-state index contributed by atoms with van der Waals surface area (Å²) in [7, 11) is 0. The summed E-state index contributed by atoms with van der Waals surface area (Å²) < 4.78 is 5.20. The van der Waals surface area contributed by atoms with E-state index in [1.165, 1.54) is 6.07 Å². The van der Waals surface area contributed by atoms with Crippen LogP contribution in [0.1, 0.15) is 29.8 Å². The van der Waals surface area contributed by atoms with Crippen LogP contribution in [-0.2, 0) is 6.42 Å². The van der Waals surface area contributed by atoms with E-state index in [4.69, 9.17) is 9.84 Å². The number of carboxylic acid groups (broad SMARTS) is 1. The second-order valence-corrected chi connectivity index (χ2v) is 3.20. The van der Waals surface area contributed by atoms with E-state index in [0.717, 1.165) is 0 Å². The first-order chi connectivity index (χ1) is 7.52. The lowest BCUT2D eigenvalue weighted by molar-refractivity contribution is 0.0688. The maximum atomic E-state index is 11.0. The van der Waals surface area contributed by atoms with Gasteiger partial charge in [0.05, 0.1) is 6.61 Å². The highest BCUT2D eigenvalue weighted by Gasteiger charge is 2.23. The third-order valence-corrected chi connectivity index (χ3v) is 2.19. The zero-order valence-corrected chi connectivity index (χ0v) is 9.15. The van der Waals surface area contributed by atoms with Crippen LogP contribution in [0, 0.1) is 0 Å². The molecule has 0 spiro atoms. The van der Waals surface area contributed by atoms with Gasteiger partial charge in [0.1, 0.15) is 11.3 Å². The molecule has 1 aromatic carbocycles. The van der Waals surface area contributed by atoms with Gasteiger partial charge in [-0.1, -0.05) is 6.92 Å². The number of benzene rings is 1. The van der Waals surface area contributed by atoms with Crippen molar-refractivity contribution in [1.82, 2.24) is 0 Å². The predicted molar refractivity (Wildman–Crippen MR) is 57.3 cm³/mol. The van der Waals surface area contributed by atoms with E-state index < -0.39 is 23.0 Å². The molecular weight excluding hydrogens is 212 g/mol. The summed E-state index contributed by atoms with van der Waals surface area (Å²) in [6.45, 7) is 3.81. The van der Waals surface area contributed by atoms with Gasteiger partial charge in [0.15, 0.2) is 11.5 Å². The summed E-state index contributed by atoms with van der Waals surface area (Å²) in [5, 5.41) is 27.8. The number of ether oxygens (including phenoxy) is 1. The van der Waals surface area contributed by atoms with Crippen LogP contribution < -0.4 is 4.74 Å². The summed E-state index contributed by atoms with van der Waals surface area (Å²) in [5.74, 6) is -2.31. The fourth-order valence-corrected chi connectivity index (χ4v) is 1.47. The van der Waals surface area contributed by atoms with Crippen molar-refractivity contribution < 1.29 is 24.9 Å². The van der Waals surface area contributed by atoms with E-state index in [0.29, 0.717) is 12.0 Å². The summed E-state index contributed by atoms with van der Waals surface area (Å²) in [6, 6.07) is 1.31. The SMILES string of the molecule is CCOc1c(CC)cc(O)c(O)c1C(=O)O. The van der Waals surface area contributed by atoms with Gasteiger partial charge in [0.2, 0.25) is 0 Å². The molecule has 0 amide bonds. The van der Waals surface area contributed by atoms with Crippen molar-refractivity contribution >= 4 is 5.97 Å². The maximum absolute atomic E-state index is 11.0. The standard InChI is InChI=1S/C11H14O5/c1-3-6-5-7(12)9(13)8(11(14)15)10(6)16-4-2/h5,12-13H,3-4H2,1-2H3,(H,14,15). The highest BCUT2D eigenvalue weighted by atomic mass is 16.5. The van der Waals surface area contributed by atoms with Crippen molar-refractivity contribution in [2.75, 3.05) is 6.61 Å². The van der Waals surface area contributed by atoms with Gasteiger partial charge in [0.25, 0.3) is 0 Å². The average molecular weight is 226 g/mol. The molecule has 0 aliphatic rings. The molecule has 16 heavy (non-hydrogen) atoms. The number of phenols is 2. The highest BCUT2D eigenvalue weighted by Crippen LogP contribution is 2.39. The van der Waals surface area contributed by atoms with Crippen LogP contribution in [0.15, 0.2) is 6.07 Å². The summed E-state index contributed by atoms with van der Waals surface area (Å²) in [4.78, 5) is 11.0. The fraction of sp³-hybridized carbons (Fsp3) is 0.364. The molecule has 0 aromatic heterocycles.